The number of carbonyl (C=O) groups excluding carboxylic acids is 1. The Labute approximate surface area is 215 Å². The van der Waals surface area contributed by atoms with Crippen molar-refractivity contribution < 1.29 is 31.5 Å². The molecule has 2 heterocycles. The summed E-state index contributed by atoms with van der Waals surface area (Å²) >= 11 is 6.55. The molecule has 1 aliphatic rings. The fourth-order valence-corrected chi connectivity index (χ4v) is 5.40. The Bertz CT molecular complexity index is 1550. The number of hydrogen-bond donors (Lipinski definition) is 2. The van der Waals surface area contributed by atoms with Crippen LogP contribution in [0.15, 0.2) is 32.7 Å². The van der Waals surface area contributed by atoms with E-state index in [1.54, 1.807) is 20.8 Å². The number of hydrogen-bond acceptors (Lipinski definition) is 5. The second-order valence-corrected chi connectivity index (χ2v) is 10.7. The molecular formula is C23H19ClF5N3O4S. The number of H-pyrrole nitrogens is 1. The van der Waals surface area contributed by atoms with E-state index in [1.807, 2.05) is 4.98 Å². The van der Waals surface area contributed by atoms with Crippen LogP contribution in [0, 0.1) is 11.6 Å². The lowest BCUT2D eigenvalue weighted by molar-refractivity contribution is -0.137. The molecule has 14 heteroatoms. The van der Waals surface area contributed by atoms with Gasteiger partial charge in [-0.25, -0.2) is 18.4 Å². The van der Waals surface area contributed by atoms with Gasteiger partial charge in [0.1, 0.15) is 17.2 Å². The van der Waals surface area contributed by atoms with Gasteiger partial charge in [-0.3, -0.25) is 14.3 Å². The Kier molecular flexibility index (Phi) is 6.82. The van der Waals surface area contributed by atoms with Crippen molar-refractivity contribution in [1.82, 2.24) is 14.9 Å². The van der Waals surface area contributed by atoms with Crippen molar-refractivity contribution in [2.24, 2.45) is 0 Å². The first-order valence-electron chi connectivity index (χ1n) is 10.7. The molecule has 2 aromatic carbocycles. The molecule has 0 radical (unpaired) electrons. The minimum Gasteiger partial charge on any atom is -0.444 e. The van der Waals surface area contributed by atoms with Crippen LogP contribution in [-0.2, 0) is 17.5 Å². The molecule has 0 fully saturated rings. The fraction of sp³-hybridized carbons (Fsp3) is 0.348. The highest BCUT2D eigenvalue weighted by atomic mass is 35.5. The zero-order valence-corrected chi connectivity index (χ0v) is 21.1. The van der Waals surface area contributed by atoms with Gasteiger partial charge in [-0.15, -0.1) is 11.8 Å². The number of alkyl carbamates (subject to hydrolysis) is 1. The number of nitrogens with one attached hydrogen (secondary N) is 2. The van der Waals surface area contributed by atoms with Gasteiger partial charge in [0.2, 0.25) is 0 Å². The molecule has 0 aliphatic carbocycles. The van der Waals surface area contributed by atoms with Crippen molar-refractivity contribution in [3.63, 3.8) is 0 Å². The highest BCUT2D eigenvalue weighted by molar-refractivity contribution is 7.99. The third-order valence-corrected chi connectivity index (χ3v) is 6.92. The summed E-state index contributed by atoms with van der Waals surface area (Å²) in [5.74, 6) is -2.57. The Hall–Kier alpha value is -3.06. The zero-order chi connectivity index (χ0) is 27.4. The van der Waals surface area contributed by atoms with E-state index in [1.165, 1.54) is 0 Å². The topological polar surface area (TPSA) is 93.2 Å². The SMILES string of the molecule is CC(C)(C)OC(=O)N[C@@H]1CSc2c(-c3cc(Cl)c(F)cc3F)c(C(F)(F)F)cc3c(=O)[nH]c(=O)n(c23)C1. The number of alkyl halides is 3. The third kappa shape index (κ3) is 5.33. The van der Waals surface area contributed by atoms with Crippen LogP contribution in [0.5, 0.6) is 0 Å². The molecule has 0 unspecified atom stereocenters. The number of ether oxygens (including phenoxy) is 1. The monoisotopic (exact) mass is 563 g/mol. The van der Waals surface area contributed by atoms with Crippen molar-refractivity contribution >= 4 is 40.4 Å². The maximum atomic E-state index is 14.9. The highest BCUT2D eigenvalue weighted by Crippen LogP contribution is 2.47. The smallest absolute Gasteiger partial charge is 0.417 e. The van der Waals surface area contributed by atoms with E-state index in [0.29, 0.717) is 12.1 Å². The predicted molar refractivity (Wildman–Crippen MR) is 128 cm³/mol. The van der Waals surface area contributed by atoms with Gasteiger partial charge in [-0.05, 0) is 32.9 Å². The summed E-state index contributed by atoms with van der Waals surface area (Å²) in [6.07, 6.45) is -5.90. The Morgan fingerprint density at radius 3 is 2.46 bits per heavy atom. The first-order valence-corrected chi connectivity index (χ1v) is 12.1. The molecule has 1 amide bonds. The van der Waals surface area contributed by atoms with Gasteiger partial charge in [0.15, 0.2) is 0 Å². The van der Waals surface area contributed by atoms with Crippen molar-refractivity contribution in [3.8, 4) is 11.1 Å². The molecule has 37 heavy (non-hydrogen) atoms. The van der Waals surface area contributed by atoms with Crippen LogP contribution in [0.1, 0.15) is 26.3 Å². The molecule has 1 aliphatic heterocycles. The molecule has 1 aromatic heterocycles. The summed E-state index contributed by atoms with van der Waals surface area (Å²) < 4.78 is 77.7. The van der Waals surface area contributed by atoms with Crippen molar-refractivity contribution in [3.05, 3.63) is 61.3 Å². The first-order chi connectivity index (χ1) is 17.1. The Balaban J connectivity index is 2.01. The average molecular weight is 564 g/mol. The van der Waals surface area contributed by atoms with Gasteiger partial charge < -0.3 is 10.1 Å². The number of thioether (sulfide) groups is 1. The normalized spacial score (nSPS) is 16.0. The van der Waals surface area contributed by atoms with Crippen LogP contribution < -0.4 is 16.6 Å². The Morgan fingerprint density at radius 1 is 1.16 bits per heavy atom. The maximum absolute atomic E-state index is 14.9. The molecule has 2 N–H and O–H groups in total. The molecule has 3 aromatic rings. The van der Waals surface area contributed by atoms with Crippen LogP contribution in [0.2, 0.25) is 5.02 Å². The quantitative estimate of drug-likeness (QED) is 0.326. The maximum Gasteiger partial charge on any atom is 0.417 e. The van der Waals surface area contributed by atoms with Gasteiger partial charge in [-0.2, -0.15) is 13.2 Å². The number of aromatic amines is 1. The van der Waals surface area contributed by atoms with Crippen molar-refractivity contribution in [2.75, 3.05) is 5.75 Å². The van der Waals surface area contributed by atoms with E-state index in [4.69, 9.17) is 16.3 Å². The molecule has 7 nitrogen and oxygen atoms in total. The second kappa shape index (κ2) is 9.35. The minimum absolute atomic E-state index is 0.0749. The standard InChI is InChI=1S/C23H19ClF5N3O4S/c1-22(2,3)36-21(35)30-9-7-32-17-11(19(33)31-20(32)34)4-12(23(27,28)29)16(18(17)37-8-9)10-5-13(24)15(26)6-14(10)25/h4-6,9H,7-8H2,1-3H3,(H,30,35)(H,31,33,34)/t9-/m0/s1. The van der Waals surface area contributed by atoms with E-state index in [9.17, 15) is 36.3 Å². The summed E-state index contributed by atoms with van der Waals surface area (Å²) in [6, 6.07) is 0.759. The Morgan fingerprint density at radius 2 is 1.84 bits per heavy atom. The molecule has 0 saturated carbocycles. The van der Waals surface area contributed by atoms with E-state index >= 15 is 0 Å². The number of amides is 1. The van der Waals surface area contributed by atoms with Crippen LogP contribution >= 0.6 is 23.4 Å². The molecular weight excluding hydrogens is 545 g/mol. The van der Waals surface area contributed by atoms with Crippen LogP contribution in [0.3, 0.4) is 0 Å². The molecule has 0 saturated heterocycles. The van der Waals surface area contributed by atoms with E-state index in [-0.39, 0.29) is 22.7 Å². The third-order valence-electron chi connectivity index (χ3n) is 5.37. The van der Waals surface area contributed by atoms with E-state index < -0.39 is 73.9 Å². The summed E-state index contributed by atoms with van der Waals surface area (Å²) in [6.45, 7) is 4.66. The molecule has 198 valence electrons. The fourth-order valence-electron chi connectivity index (χ4n) is 3.96. The van der Waals surface area contributed by atoms with E-state index in [2.05, 4.69) is 5.32 Å². The van der Waals surface area contributed by atoms with Gasteiger partial charge in [0.05, 0.1) is 27.5 Å². The minimum atomic E-state index is -5.07. The number of aromatic nitrogens is 2. The largest absolute Gasteiger partial charge is 0.444 e. The molecule has 0 bridgehead atoms. The van der Waals surface area contributed by atoms with Crippen LogP contribution in [0.4, 0.5) is 26.7 Å². The van der Waals surface area contributed by atoms with Gasteiger partial charge in [0.25, 0.3) is 5.56 Å². The van der Waals surface area contributed by atoms with Gasteiger partial charge in [0, 0.05) is 34.4 Å². The lowest BCUT2D eigenvalue weighted by Crippen LogP contribution is -2.44. The number of benzene rings is 2. The number of halogens is 6. The molecule has 0 spiro atoms. The van der Waals surface area contributed by atoms with E-state index in [0.717, 1.165) is 22.4 Å². The van der Waals surface area contributed by atoms with Crippen molar-refractivity contribution in [2.45, 2.75) is 50.0 Å². The first kappa shape index (κ1) is 27.0. The predicted octanol–water partition coefficient (Wildman–Crippen LogP) is 5.31. The average Bonchev–Trinajstić information content (AvgIpc) is 2.93. The summed E-state index contributed by atoms with van der Waals surface area (Å²) in [5, 5.41) is 1.48. The van der Waals surface area contributed by atoms with Crippen molar-refractivity contribution in [1.29, 1.82) is 0 Å². The van der Waals surface area contributed by atoms with Crippen LogP contribution in [0.25, 0.3) is 22.0 Å². The molecule has 1 atom stereocenters. The number of rotatable bonds is 2. The lowest BCUT2D eigenvalue weighted by Gasteiger charge is -2.23. The van der Waals surface area contributed by atoms with Crippen LogP contribution in [-0.4, -0.2) is 33.0 Å². The summed E-state index contributed by atoms with van der Waals surface area (Å²) in [7, 11) is 0. The number of nitrogens with zero attached hydrogens (tertiary/aromatic N) is 1. The van der Waals surface area contributed by atoms with Gasteiger partial charge in [-0.1, -0.05) is 11.6 Å². The summed E-state index contributed by atoms with van der Waals surface area (Å²) in [4.78, 5) is 39.4. The second-order valence-electron chi connectivity index (χ2n) is 9.29. The van der Waals surface area contributed by atoms with Gasteiger partial charge >= 0.3 is 18.0 Å². The summed E-state index contributed by atoms with van der Waals surface area (Å²) in [5.41, 5.74) is -5.80. The lowest BCUT2D eigenvalue weighted by atomic mass is 9.96. The zero-order valence-electron chi connectivity index (χ0n) is 19.5. The number of carbonyl (C=O) groups is 1. The highest BCUT2D eigenvalue weighted by Gasteiger charge is 2.39. The molecule has 4 rings (SSSR count).